The molecule has 0 aromatic carbocycles. The number of thioether (sulfide) groups is 2. The quantitative estimate of drug-likeness (QED) is 0.540. The van der Waals surface area contributed by atoms with Gasteiger partial charge in [-0.15, -0.1) is 5.10 Å². The fourth-order valence-corrected chi connectivity index (χ4v) is 4.24. The van der Waals surface area contributed by atoms with Crippen molar-refractivity contribution < 1.29 is 14.3 Å². The summed E-state index contributed by atoms with van der Waals surface area (Å²) in [5, 5.41) is 12.3. The summed E-state index contributed by atoms with van der Waals surface area (Å²) in [7, 11) is 0. The van der Waals surface area contributed by atoms with Crippen LogP contribution in [0, 0.1) is 0 Å². The average molecular weight is 357 g/mol. The Morgan fingerprint density at radius 2 is 2.26 bits per heavy atom. The molecule has 1 aromatic heterocycles. The van der Waals surface area contributed by atoms with E-state index in [1.54, 1.807) is 28.3 Å². The molecule has 1 unspecified atom stereocenters. The molecule has 2 aliphatic rings. The molecule has 0 N–H and O–H groups in total. The SMILES string of the molecule is CCOC(=O)C1CSCCN1C(=O)CSc1nnnn1C1CC1. The maximum Gasteiger partial charge on any atom is 0.329 e. The summed E-state index contributed by atoms with van der Waals surface area (Å²) in [6, 6.07) is -0.109. The molecule has 1 amide bonds. The number of carbonyl (C=O) groups excluding carboxylic acids is 2. The van der Waals surface area contributed by atoms with Crippen LogP contribution in [0.15, 0.2) is 5.16 Å². The van der Waals surface area contributed by atoms with Gasteiger partial charge in [-0.25, -0.2) is 9.48 Å². The van der Waals surface area contributed by atoms with Crippen molar-refractivity contribution in [1.29, 1.82) is 0 Å². The van der Waals surface area contributed by atoms with Crippen LogP contribution in [-0.2, 0) is 14.3 Å². The van der Waals surface area contributed by atoms with Crippen LogP contribution >= 0.6 is 23.5 Å². The molecule has 0 radical (unpaired) electrons. The van der Waals surface area contributed by atoms with Crippen molar-refractivity contribution in [1.82, 2.24) is 25.1 Å². The molecule has 1 saturated heterocycles. The smallest absolute Gasteiger partial charge is 0.329 e. The van der Waals surface area contributed by atoms with Crippen LogP contribution in [0.4, 0.5) is 0 Å². The second-order valence-electron chi connectivity index (χ2n) is 5.36. The number of amides is 1. The fraction of sp³-hybridized carbons (Fsp3) is 0.769. The Labute approximate surface area is 142 Å². The summed E-state index contributed by atoms with van der Waals surface area (Å²) < 4.78 is 6.87. The van der Waals surface area contributed by atoms with Crippen molar-refractivity contribution in [2.45, 2.75) is 37.0 Å². The van der Waals surface area contributed by atoms with Gasteiger partial charge in [0.15, 0.2) is 0 Å². The normalized spacial score (nSPS) is 21.3. The molecule has 1 atom stereocenters. The monoisotopic (exact) mass is 357 g/mol. The number of carbonyl (C=O) groups is 2. The Balaban J connectivity index is 1.59. The van der Waals surface area contributed by atoms with Crippen LogP contribution < -0.4 is 0 Å². The molecule has 8 nitrogen and oxygen atoms in total. The lowest BCUT2D eigenvalue weighted by atomic mass is 10.2. The summed E-state index contributed by atoms with van der Waals surface area (Å²) in [5.41, 5.74) is 0. The lowest BCUT2D eigenvalue weighted by molar-refractivity contribution is -0.153. The summed E-state index contributed by atoms with van der Waals surface area (Å²) in [6.45, 7) is 2.67. The first-order valence-electron chi connectivity index (χ1n) is 7.65. The third-order valence-corrected chi connectivity index (χ3v) is 5.63. The molecule has 2 heterocycles. The van der Waals surface area contributed by atoms with Gasteiger partial charge in [0.25, 0.3) is 0 Å². The van der Waals surface area contributed by atoms with Crippen molar-refractivity contribution in [3.05, 3.63) is 0 Å². The number of hydrogen-bond acceptors (Lipinski definition) is 8. The lowest BCUT2D eigenvalue weighted by Gasteiger charge is -2.33. The third-order valence-electron chi connectivity index (χ3n) is 3.69. The Morgan fingerprint density at radius 3 is 3.00 bits per heavy atom. The number of aromatic nitrogens is 4. The van der Waals surface area contributed by atoms with Gasteiger partial charge in [0.05, 0.1) is 18.4 Å². The van der Waals surface area contributed by atoms with E-state index in [4.69, 9.17) is 4.74 Å². The van der Waals surface area contributed by atoms with E-state index in [0.29, 0.717) is 30.1 Å². The minimum absolute atomic E-state index is 0.0706. The maximum atomic E-state index is 12.5. The zero-order valence-electron chi connectivity index (χ0n) is 12.9. The average Bonchev–Trinajstić information content (AvgIpc) is 3.31. The third kappa shape index (κ3) is 3.97. The highest BCUT2D eigenvalue weighted by molar-refractivity contribution is 8.00. The molecule has 1 aromatic rings. The topological polar surface area (TPSA) is 90.2 Å². The van der Waals surface area contributed by atoms with E-state index in [1.165, 1.54) is 11.8 Å². The summed E-state index contributed by atoms with van der Waals surface area (Å²) in [6.07, 6.45) is 2.17. The number of esters is 1. The first-order valence-corrected chi connectivity index (χ1v) is 9.79. The molecule has 0 bridgehead atoms. The number of ether oxygens (including phenoxy) is 1. The van der Waals surface area contributed by atoms with Gasteiger partial charge in [-0.05, 0) is 30.2 Å². The molecule has 1 aliphatic heterocycles. The highest BCUT2D eigenvalue weighted by atomic mass is 32.2. The van der Waals surface area contributed by atoms with Gasteiger partial charge in [-0.3, -0.25) is 4.79 Å². The predicted molar refractivity (Wildman–Crippen MR) is 86.3 cm³/mol. The summed E-state index contributed by atoms with van der Waals surface area (Å²) in [4.78, 5) is 26.2. The van der Waals surface area contributed by atoms with E-state index in [-0.39, 0.29) is 17.6 Å². The Kier molecular flexibility index (Phi) is 5.42. The number of rotatable bonds is 6. The minimum Gasteiger partial charge on any atom is -0.464 e. The van der Waals surface area contributed by atoms with Gasteiger partial charge >= 0.3 is 5.97 Å². The fourth-order valence-electron chi connectivity index (χ4n) is 2.37. The van der Waals surface area contributed by atoms with Crippen LogP contribution in [0.2, 0.25) is 0 Å². The first-order chi connectivity index (χ1) is 11.2. The standard InChI is InChI=1S/C13H19N5O3S2/c1-2-21-12(20)10-7-22-6-5-17(10)11(19)8-23-13-14-15-16-18(13)9-3-4-9/h9-10H,2-8H2,1H3. The molecule has 2 fully saturated rings. The second kappa shape index (κ2) is 7.52. The van der Waals surface area contributed by atoms with Gasteiger partial charge in [-0.2, -0.15) is 11.8 Å². The molecule has 1 aliphatic carbocycles. The van der Waals surface area contributed by atoms with E-state index in [2.05, 4.69) is 15.5 Å². The first kappa shape index (κ1) is 16.6. The molecule has 126 valence electrons. The van der Waals surface area contributed by atoms with E-state index >= 15 is 0 Å². The lowest BCUT2D eigenvalue weighted by Crippen LogP contribution is -2.51. The molecule has 1 saturated carbocycles. The predicted octanol–water partition coefficient (Wildman–Crippen LogP) is 0.607. The Morgan fingerprint density at radius 1 is 1.43 bits per heavy atom. The van der Waals surface area contributed by atoms with Crippen molar-refractivity contribution in [2.24, 2.45) is 0 Å². The highest BCUT2D eigenvalue weighted by Gasteiger charge is 2.34. The van der Waals surface area contributed by atoms with Gasteiger partial charge in [0.1, 0.15) is 6.04 Å². The minimum atomic E-state index is -0.485. The van der Waals surface area contributed by atoms with Crippen molar-refractivity contribution in [3.63, 3.8) is 0 Å². The van der Waals surface area contributed by atoms with E-state index < -0.39 is 6.04 Å². The molecular weight excluding hydrogens is 338 g/mol. The van der Waals surface area contributed by atoms with Crippen molar-refractivity contribution in [2.75, 3.05) is 30.4 Å². The van der Waals surface area contributed by atoms with Gasteiger partial charge in [0.2, 0.25) is 11.1 Å². The molecule has 10 heteroatoms. The van der Waals surface area contributed by atoms with E-state index in [9.17, 15) is 9.59 Å². The largest absolute Gasteiger partial charge is 0.464 e. The van der Waals surface area contributed by atoms with Crippen LogP contribution in [0.5, 0.6) is 0 Å². The van der Waals surface area contributed by atoms with E-state index in [1.807, 2.05) is 0 Å². The Hall–Kier alpha value is -1.29. The number of hydrogen-bond donors (Lipinski definition) is 0. The molecule has 0 spiro atoms. The highest BCUT2D eigenvalue weighted by Crippen LogP contribution is 2.36. The van der Waals surface area contributed by atoms with Crippen LogP contribution in [0.3, 0.4) is 0 Å². The summed E-state index contributed by atoms with van der Waals surface area (Å²) in [5.74, 6) is 1.27. The summed E-state index contributed by atoms with van der Waals surface area (Å²) >= 11 is 3.00. The number of tetrazole rings is 1. The molecular formula is C13H19N5O3S2. The Bertz CT molecular complexity index is 578. The van der Waals surface area contributed by atoms with Gasteiger partial charge in [0, 0.05) is 18.1 Å². The number of nitrogens with zero attached hydrogens (tertiary/aromatic N) is 5. The van der Waals surface area contributed by atoms with E-state index in [0.717, 1.165) is 18.6 Å². The van der Waals surface area contributed by atoms with Crippen molar-refractivity contribution >= 4 is 35.4 Å². The van der Waals surface area contributed by atoms with Gasteiger partial charge in [-0.1, -0.05) is 11.8 Å². The zero-order valence-corrected chi connectivity index (χ0v) is 14.5. The van der Waals surface area contributed by atoms with Crippen LogP contribution in [-0.4, -0.2) is 73.4 Å². The zero-order chi connectivity index (χ0) is 16.2. The molecule has 3 rings (SSSR count). The van der Waals surface area contributed by atoms with Crippen LogP contribution in [0.1, 0.15) is 25.8 Å². The molecule has 23 heavy (non-hydrogen) atoms. The maximum absolute atomic E-state index is 12.5. The second-order valence-corrected chi connectivity index (χ2v) is 7.45. The van der Waals surface area contributed by atoms with Crippen LogP contribution in [0.25, 0.3) is 0 Å². The van der Waals surface area contributed by atoms with Crippen molar-refractivity contribution in [3.8, 4) is 0 Å². The van der Waals surface area contributed by atoms with Gasteiger partial charge < -0.3 is 9.64 Å².